The number of rotatable bonds is 8. The lowest BCUT2D eigenvalue weighted by molar-refractivity contribution is 0.233. The lowest BCUT2D eigenvalue weighted by atomic mass is 9.78. The van der Waals surface area contributed by atoms with Gasteiger partial charge in [0.05, 0.1) is 0 Å². The van der Waals surface area contributed by atoms with Crippen LogP contribution in [0.3, 0.4) is 0 Å². The van der Waals surface area contributed by atoms with Gasteiger partial charge < -0.3 is 0 Å². The first-order chi connectivity index (χ1) is 8.49. The predicted octanol–water partition coefficient (Wildman–Crippen LogP) is 5.38. The highest BCUT2D eigenvalue weighted by atomic mass is 14.4. The molecule has 1 aliphatic rings. The molecular formula is C18H32. The zero-order chi connectivity index (χ0) is 13.7. The SMILES string of the molecule is C#CC(CC(C)C(C)C(C)CCC)CC1CC1C. The topological polar surface area (TPSA) is 0 Å². The summed E-state index contributed by atoms with van der Waals surface area (Å²) >= 11 is 0. The van der Waals surface area contributed by atoms with Crippen molar-refractivity contribution < 1.29 is 0 Å². The van der Waals surface area contributed by atoms with Crippen molar-refractivity contribution in [2.24, 2.45) is 35.5 Å². The summed E-state index contributed by atoms with van der Waals surface area (Å²) in [6.07, 6.45) is 12.3. The molecule has 0 heterocycles. The molecule has 0 aromatic heterocycles. The fourth-order valence-electron chi connectivity index (χ4n) is 3.27. The van der Waals surface area contributed by atoms with E-state index in [2.05, 4.69) is 40.5 Å². The number of hydrogen-bond donors (Lipinski definition) is 0. The average molecular weight is 248 g/mol. The molecule has 0 N–H and O–H groups in total. The fraction of sp³-hybridized carbons (Fsp3) is 0.889. The van der Waals surface area contributed by atoms with Gasteiger partial charge in [-0.1, -0.05) is 47.5 Å². The van der Waals surface area contributed by atoms with Crippen LogP contribution in [0.2, 0.25) is 0 Å². The molecule has 0 aromatic rings. The third-order valence-corrected chi connectivity index (χ3v) is 5.29. The van der Waals surface area contributed by atoms with E-state index in [4.69, 9.17) is 6.42 Å². The molecule has 18 heavy (non-hydrogen) atoms. The molecular weight excluding hydrogens is 216 g/mol. The highest BCUT2D eigenvalue weighted by molar-refractivity contribution is 4.98. The maximum Gasteiger partial charge on any atom is 0.0205 e. The van der Waals surface area contributed by atoms with Crippen molar-refractivity contribution in [2.75, 3.05) is 0 Å². The number of terminal acetylenes is 1. The first kappa shape index (κ1) is 15.6. The van der Waals surface area contributed by atoms with Gasteiger partial charge in [0, 0.05) is 5.92 Å². The van der Waals surface area contributed by atoms with Crippen LogP contribution < -0.4 is 0 Å². The second-order valence-electron chi connectivity index (χ2n) is 6.91. The molecule has 0 aromatic carbocycles. The Labute approximate surface area is 115 Å². The molecule has 1 aliphatic carbocycles. The van der Waals surface area contributed by atoms with Gasteiger partial charge >= 0.3 is 0 Å². The Morgan fingerprint density at radius 1 is 1.22 bits per heavy atom. The largest absolute Gasteiger partial charge is 0.120 e. The monoisotopic (exact) mass is 248 g/mol. The van der Waals surface area contributed by atoms with Crippen LogP contribution >= 0.6 is 0 Å². The van der Waals surface area contributed by atoms with Crippen molar-refractivity contribution in [2.45, 2.75) is 66.7 Å². The van der Waals surface area contributed by atoms with Crippen LogP contribution in [0.1, 0.15) is 66.7 Å². The molecule has 0 radical (unpaired) electrons. The molecule has 1 saturated carbocycles. The van der Waals surface area contributed by atoms with Crippen molar-refractivity contribution in [3.8, 4) is 12.3 Å². The van der Waals surface area contributed by atoms with Crippen LogP contribution in [0.4, 0.5) is 0 Å². The van der Waals surface area contributed by atoms with Crippen molar-refractivity contribution in [1.82, 2.24) is 0 Å². The molecule has 1 fully saturated rings. The van der Waals surface area contributed by atoms with E-state index in [-0.39, 0.29) is 0 Å². The van der Waals surface area contributed by atoms with Crippen LogP contribution in [0.25, 0.3) is 0 Å². The molecule has 1 rings (SSSR count). The first-order valence-electron chi connectivity index (χ1n) is 7.95. The summed E-state index contributed by atoms with van der Waals surface area (Å²) in [5, 5.41) is 0. The molecule has 0 aliphatic heterocycles. The van der Waals surface area contributed by atoms with Gasteiger partial charge in [0.1, 0.15) is 0 Å². The zero-order valence-electron chi connectivity index (χ0n) is 13.1. The van der Waals surface area contributed by atoms with E-state index >= 15 is 0 Å². The maximum absolute atomic E-state index is 5.73. The molecule has 104 valence electrons. The van der Waals surface area contributed by atoms with E-state index in [1.807, 2.05) is 0 Å². The van der Waals surface area contributed by atoms with E-state index in [0.29, 0.717) is 5.92 Å². The highest BCUT2D eigenvalue weighted by Gasteiger charge is 2.34. The summed E-state index contributed by atoms with van der Waals surface area (Å²) in [6.45, 7) is 11.9. The van der Waals surface area contributed by atoms with E-state index in [9.17, 15) is 0 Å². The zero-order valence-corrected chi connectivity index (χ0v) is 13.1. The van der Waals surface area contributed by atoms with Crippen LogP contribution in [0.15, 0.2) is 0 Å². The fourth-order valence-corrected chi connectivity index (χ4v) is 3.27. The molecule has 0 heteroatoms. The van der Waals surface area contributed by atoms with E-state index in [1.165, 1.54) is 32.1 Å². The standard InChI is InChI=1S/C18H32/c1-7-9-13(3)16(6)14(4)10-17(8-2)12-18-11-15(18)5/h2,13-18H,7,9-12H2,1,3-6H3. The summed E-state index contributed by atoms with van der Waals surface area (Å²) < 4.78 is 0. The molecule has 0 spiro atoms. The second-order valence-corrected chi connectivity index (χ2v) is 6.91. The highest BCUT2D eigenvalue weighted by Crippen LogP contribution is 2.43. The van der Waals surface area contributed by atoms with Gasteiger partial charge in [-0.2, -0.15) is 0 Å². The van der Waals surface area contributed by atoms with Gasteiger partial charge in [-0.25, -0.2) is 0 Å². The van der Waals surface area contributed by atoms with E-state index in [1.54, 1.807) is 0 Å². The average Bonchev–Trinajstić information content (AvgIpc) is 3.03. The lowest BCUT2D eigenvalue weighted by Crippen LogP contribution is -2.19. The number of hydrogen-bond acceptors (Lipinski definition) is 0. The van der Waals surface area contributed by atoms with Gasteiger partial charge in [0.2, 0.25) is 0 Å². The van der Waals surface area contributed by atoms with Gasteiger partial charge in [0.25, 0.3) is 0 Å². The Balaban J connectivity index is 2.36. The molecule has 0 nitrogen and oxygen atoms in total. The molecule has 0 amide bonds. The molecule has 0 bridgehead atoms. The summed E-state index contributed by atoms with van der Waals surface area (Å²) in [7, 11) is 0. The second kappa shape index (κ2) is 7.22. The summed E-state index contributed by atoms with van der Waals surface area (Å²) in [6, 6.07) is 0. The van der Waals surface area contributed by atoms with Gasteiger partial charge in [-0.15, -0.1) is 12.3 Å². The lowest BCUT2D eigenvalue weighted by Gasteiger charge is -2.28. The van der Waals surface area contributed by atoms with Crippen LogP contribution in [0, 0.1) is 47.9 Å². The Morgan fingerprint density at radius 3 is 2.28 bits per heavy atom. The first-order valence-corrected chi connectivity index (χ1v) is 7.95. The molecule has 6 atom stereocenters. The Bertz CT molecular complexity index is 272. The summed E-state index contributed by atoms with van der Waals surface area (Å²) in [5.74, 6) is 7.84. The smallest absolute Gasteiger partial charge is 0.0205 e. The van der Waals surface area contributed by atoms with E-state index < -0.39 is 0 Å². The Kier molecular flexibility index (Phi) is 6.27. The van der Waals surface area contributed by atoms with Crippen molar-refractivity contribution in [3.63, 3.8) is 0 Å². The summed E-state index contributed by atoms with van der Waals surface area (Å²) in [4.78, 5) is 0. The van der Waals surface area contributed by atoms with Crippen LogP contribution in [0.5, 0.6) is 0 Å². The minimum atomic E-state index is 0.520. The third-order valence-electron chi connectivity index (χ3n) is 5.29. The molecule has 6 unspecified atom stereocenters. The quantitative estimate of drug-likeness (QED) is 0.506. The molecule has 0 saturated heterocycles. The van der Waals surface area contributed by atoms with Crippen LogP contribution in [-0.2, 0) is 0 Å². The van der Waals surface area contributed by atoms with Gasteiger partial charge in [0.15, 0.2) is 0 Å². The van der Waals surface area contributed by atoms with Crippen molar-refractivity contribution in [1.29, 1.82) is 0 Å². The normalized spacial score (nSPS) is 29.1. The minimum Gasteiger partial charge on any atom is -0.120 e. The predicted molar refractivity (Wildman–Crippen MR) is 81.2 cm³/mol. The Morgan fingerprint density at radius 2 is 1.83 bits per heavy atom. The van der Waals surface area contributed by atoms with Crippen molar-refractivity contribution in [3.05, 3.63) is 0 Å². The third kappa shape index (κ3) is 4.68. The van der Waals surface area contributed by atoms with Gasteiger partial charge in [-0.3, -0.25) is 0 Å². The summed E-state index contributed by atoms with van der Waals surface area (Å²) in [5.41, 5.74) is 0. The van der Waals surface area contributed by atoms with Crippen LogP contribution in [-0.4, -0.2) is 0 Å². The maximum atomic E-state index is 5.73. The minimum absolute atomic E-state index is 0.520. The van der Waals surface area contributed by atoms with Gasteiger partial charge in [-0.05, 0) is 48.9 Å². The Hall–Kier alpha value is -0.440. The van der Waals surface area contributed by atoms with Crippen molar-refractivity contribution >= 4 is 0 Å². The van der Waals surface area contributed by atoms with E-state index in [0.717, 1.165) is 29.6 Å².